The quantitative estimate of drug-likeness (QED) is 0.778. The maximum atomic E-state index is 12.8. The van der Waals surface area contributed by atoms with Crippen molar-refractivity contribution >= 4 is 11.8 Å². The third-order valence-electron chi connectivity index (χ3n) is 7.24. The second-order valence-corrected chi connectivity index (χ2v) is 9.31. The molecule has 0 bridgehead atoms. The Morgan fingerprint density at radius 3 is 2.10 bits per heavy atom. The maximum absolute atomic E-state index is 12.8. The minimum Gasteiger partial charge on any atom is -0.352 e. The topological polar surface area (TPSA) is 74.3 Å². The molecule has 2 N–H and O–H groups in total. The lowest BCUT2D eigenvalue weighted by Crippen LogP contribution is -2.60. The number of nitrogens with zero attached hydrogens (tertiary/aromatic N) is 2. The average molecular weight is 413 g/mol. The smallest absolute Gasteiger partial charge is 0.253 e. The van der Waals surface area contributed by atoms with Crippen LogP contribution in [0.25, 0.3) is 0 Å². The zero-order valence-electron chi connectivity index (χ0n) is 18.0. The largest absolute Gasteiger partial charge is 0.352 e. The number of hydrogen-bond donors (Lipinski definition) is 2. The number of nitrogens with one attached hydrogen (secondary N) is 2. The molecule has 1 saturated heterocycles. The highest BCUT2D eigenvalue weighted by Gasteiger charge is 2.36. The summed E-state index contributed by atoms with van der Waals surface area (Å²) in [5, 5.41) is 7.17. The van der Waals surface area contributed by atoms with Gasteiger partial charge in [-0.15, -0.1) is 0 Å². The number of hydrogen-bond acceptors (Lipinski definition) is 4. The molecule has 2 amide bonds. The fourth-order valence-electron chi connectivity index (χ4n) is 5.12. The number of amides is 2. The number of carbonyl (C=O) groups excluding carboxylic acids is 2. The van der Waals surface area contributed by atoms with Crippen molar-refractivity contribution in [1.29, 1.82) is 0 Å². The molecule has 3 aliphatic rings. The second kappa shape index (κ2) is 10.4. The summed E-state index contributed by atoms with van der Waals surface area (Å²) >= 11 is 0. The van der Waals surface area contributed by atoms with Gasteiger partial charge in [0.05, 0.1) is 0 Å². The average Bonchev–Trinajstić information content (AvgIpc) is 2.76. The Labute approximate surface area is 180 Å². The number of likely N-dealkylation sites (tertiary alicyclic amines) is 1. The molecule has 4 rings (SSSR count). The third kappa shape index (κ3) is 5.39. The number of pyridine rings is 1. The Morgan fingerprint density at radius 2 is 1.47 bits per heavy atom. The summed E-state index contributed by atoms with van der Waals surface area (Å²) < 4.78 is 0. The SMILES string of the molecule is O=C(N[C@H]1CC[C@H]1NC1CCCCCCC1)C1CCN(C(=O)c2ccncc2)CC1. The fraction of sp³-hybridized carbons (Fsp3) is 0.708. The summed E-state index contributed by atoms with van der Waals surface area (Å²) in [5.41, 5.74) is 0.672. The number of rotatable bonds is 5. The van der Waals surface area contributed by atoms with Crippen molar-refractivity contribution in [3.63, 3.8) is 0 Å². The van der Waals surface area contributed by atoms with Crippen molar-refractivity contribution in [1.82, 2.24) is 20.5 Å². The first kappa shape index (κ1) is 21.3. The van der Waals surface area contributed by atoms with Crippen LogP contribution in [0, 0.1) is 5.92 Å². The van der Waals surface area contributed by atoms with E-state index in [1.54, 1.807) is 24.5 Å². The van der Waals surface area contributed by atoms with Crippen molar-refractivity contribution in [3.05, 3.63) is 30.1 Å². The number of carbonyl (C=O) groups is 2. The van der Waals surface area contributed by atoms with Crippen LogP contribution in [0.1, 0.15) is 81.0 Å². The highest BCUT2D eigenvalue weighted by atomic mass is 16.2. The van der Waals surface area contributed by atoms with Crippen LogP contribution in [0.15, 0.2) is 24.5 Å². The Kier molecular flexibility index (Phi) is 7.37. The molecule has 164 valence electrons. The first-order chi connectivity index (χ1) is 14.7. The van der Waals surface area contributed by atoms with E-state index in [0.29, 0.717) is 30.7 Å². The summed E-state index contributed by atoms with van der Waals surface area (Å²) in [6.07, 6.45) is 16.4. The van der Waals surface area contributed by atoms with Gasteiger partial charge in [0.15, 0.2) is 0 Å². The van der Waals surface area contributed by atoms with Gasteiger partial charge in [-0.1, -0.05) is 32.1 Å². The molecule has 0 radical (unpaired) electrons. The van der Waals surface area contributed by atoms with E-state index < -0.39 is 0 Å². The van der Waals surface area contributed by atoms with E-state index in [0.717, 1.165) is 19.3 Å². The van der Waals surface area contributed by atoms with Gasteiger partial charge < -0.3 is 15.5 Å². The zero-order valence-corrected chi connectivity index (χ0v) is 18.0. The molecule has 0 unspecified atom stereocenters. The molecule has 0 spiro atoms. The van der Waals surface area contributed by atoms with Crippen LogP contribution in [0.2, 0.25) is 0 Å². The maximum Gasteiger partial charge on any atom is 0.253 e. The highest BCUT2D eigenvalue weighted by Crippen LogP contribution is 2.26. The molecular formula is C24H36N4O2. The van der Waals surface area contributed by atoms with Gasteiger partial charge in [-0.05, 0) is 50.7 Å². The lowest BCUT2D eigenvalue weighted by Gasteiger charge is -2.41. The lowest BCUT2D eigenvalue weighted by atomic mass is 9.83. The summed E-state index contributed by atoms with van der Waals surface area (Å²) in [4.78, 5) is 31.2. The van der Waals surface area contributed by atoms with E-state index in [9.17, 15) is 9.59 Å². The molecule has 0 aromatic carbocycles. The Hall–Kier alpha value is -1.95. The van der Waals surface area contributed by atoms with Gasteiger partial charge in [0, 0.05) is 55.1 Å². The monoisotopic (exact) mass is 412 g/mol. The molecule has 3 fully saturated rings. The van der Waals surface area contributed by atoms with Crippen molar-refractivity contribution in [3.8, 4) is 0 Å². The molecule has 6 nitrogen and oxygen atoms in total. The predicted octanol–water partition coefficient (Wildman–Crippen LogP) is 3.28. The Balaban J connectivity index is 1.20. The van der Waals surface area contributed by atoms with Gasteiger partial charge in [0.25, 0.3) is 5.91 Å². The summed E-state index contributed by atoms with van der Waals surface area (Å²) in [5.74, 6) is 0.244. The van der Waals surface area contributed by atoms with Crippen molar-refractivity contribution in [2.45, 2.75) is 88.8 Å². The first-order valence-electron chi connectivity index (χ1n) is 12.0. The van der Waals surface area contributed by atoms with Crippen molar-refractivity contribution < 1.29 is 9.59 Å². The molecule has 2 saturated carbocycles. The molecule has 1 aliphatic heterocycles. The highest BCUT2D eigenvalue weighted by molar-refractivity contribution is 5.94. The van der Waals surface area contributed by atoms with E-state index in [4.69, 9.17) is 0 Å². The minimum absolute atomic E-state index is 0.0223. The van der Waals surface area contributed by atoms with Gasteiger partial charge in [-0.25, -0.2) is 0 Å². The second-order valence-electron chi connectivity index (χ2n) is 9.31. The van der Waals surface area contributed by atoms with Crippen LogP contribution >= 0.6 is 0 Å². The van der Waals surface area contributed by atoms with Crippen molar-refractivity contribution in [2.75, 3.05) is 13.1 Å². The molecule has 1 aromatic rings. The first-order valence-corrected chi connectivity index (χ1v) is 12.0. The molecule has 2 heterocycles. The van der Waals surface area contributed by atoms with Crippen LogP contribution in [0.3, 0.4) is 0 Å². The summed E-state index contributed by atoms with van der Waals surface area (Å²) in [6.45, 7) is 1.29. The zero-order chi connectivity index (χ0) is 20.8. The van der Waals surface area contributed by atoms with Crippen LogP contribution in [-0.4, -0.2) is 52.9 Å². The normalized spacial score (nSPS) is 26.3. The molecule has 30 heavy (non-hydrogen) atoms. The predicted molar refractivity (Wildman–Crippen MR) is 117 cm³/mol. The standard InChI is InChI=1S/C24H36N4O2/c29-23(18-12-16-28(17-13-18)24(30)19-10-14-25-15-11-19)27-22-9-8-21(22)26-20-6-4-2-1-3-5-7-20/h10-11,14-15,18,20-22,26H,1-9,12-13,16-17H2,(H,27,29)/t21-,22+/m1/s1. The van der Waals surface area contributed by atoms with Gasteiger partial charge in [-0.2, -0.15) is 0 Å². The number of piperidine rings is 1. The van der Waals surface area contributed by atoms with Crippen LogP contribution in [0.4, 0.5) is 0 Å². The van der Waals surface area contributed by atoms with Gasteiger partial charge in [0.2, 0.25) is 5.91 Å². The van der Waals surface area contributed by atoms with Gasteiger partial charge in [-0.3, -0.25) is 14.6 Å². The van der Waals surface area contributed by atoms with Gasteiger partial charge >= 0.3 is 0 Å². The molecular weight excluding hydrogens is 376 g/mol. The molecule has 2 atom stereocenters. The minimum atomic E-state index is 0.0223. The van der Waals surface area contributed by atoms with Gasteiger partial charge in [0.1, 0.15) is 0 Å². The van der Waals surface area contributed by atoms with E-state index in [1.165, 1.54) is 51.4 Å². The van der Waals surface area contributed by atoms with E-state index >= 15 is 0 Å². The number of aromatic nitrogens is 1. The van der Waals surface area contributed by atoms with Crippen LogP contribution < -0.4 is 10.6 Å². The summed E-state index contributed by atoms with van der Waals surface area (Å²) in [7, 11) is 0. The lowest BCUT2D eigenvalue weighted by molar-refractivity contribution is -0.127. The Morgan fingerprint density at radius 1 is 0.833 bits per heavy atom. The molecule has 2 aliphatic carbocycles. The van der Waals surface area contributed by atoms with Crippen LogP contribution in [-0.2, 0) is 4.79 Å². The van der Waals surface area contributed by atoms with Crippen molar-refractivity contribution in [2.24, 2.45) is 5.92 Å². The van der Waals surface area contributed by atoms with E-state index in [1.807, 2.05) is 4.90 Å². The fourth-order valence-corrected chi connectivity index (χ4v) is 5.12. The molecule has 6 heteroatoms. The van der Waals surface area contributed by atoms with Crippen LogP contribution in [0.5, 0.6) is 0 Å². The summed E-state index contributed by atoms with van der Waals surface area (Å²) in [6, 6.07) is 4.84. The Bertz CT molecular complexity index is 694. The molecule has 1 aromatic heterocycles. The third-order valence-corrected chi connectivity index (χ3v) is 7.24. The van der Waals surface area contributed by atoms with E-state index in [-0.39, 0.29) is 23.8 Å². The van der Waals surface area contributed by atoms with E-state index in [2.05, 4.69) is 15.6 Å².